The number of aromatic nitrogens is 1. The van der Waals surface area contributed by atoms with Crippen LogP contribution in [0.2, 0.25) is 0 Å². The van der Waals surface area contributed by atoms with E-state index in [1.54, 1.807) is 7.11 Å². The Morgan fingerprint density at radius 1 is 1.43 bits per heavy atom. The monoisotopic (exact) mass is 294 g/mol. The molecule has 1 N–H and O–H groups in total. The van der Waals surface area contributed by atoms with Gasteiger partial charge in [0.25, 0.3) is 5.91 Å². The van der Waals surface area contributed by atoms with E-state index in [-0.39, 0.29) is 18.6 Å². The highest BCUT2D eigenvalue weighted by Gasteiger charge is 2.27. The summed E-state index contributed by atoms with van der Waals surface area (Å²) in [5.74, 6) is 0.0250. The molecule has 1 aliphatic carbocycles. The molecule has 1 fully saturated rings. The minimum absolute atomic E-state index is 0.0149. The van der Waals surface area contributed by atoms with Crippen LogP contribution in [0.5, 0.6) is 0 Å². The summed E-state index contributed by atoms with van der Waals surface area (Å²) in [4.78, 5) is 14.7. The van der Waals surface area contributed by atoms with Gasteiger partial charge in [0.1, 0.15) is 5.69 Å². The fourth-order valence-corrected chi connectivity index (χ4v) is 3.09. The van der Waals surface area contributed by atoms with Crippen molar-refractivity contribution in [3.8, 4) is 0 Å². The summed E-state index contributed by atoms with van der Waals surface area (Å²) >= 11 is 0. The highest BCUT2D eigenvalue weighted by atomic mass is 16.5. The molecule has 118 valence electrons. The number of methoxy groups -OCH3 is 1. The van der Waals surface area contributed by atoms with E-state index in [2.05, 4.69) is 0 Å². The second-order valence-corrected chi connectivity index (χ2v) is 5.59. The molecule has 1 heterocycles. The Hall–Kier alpha value is -1.33. The SMILES string of the molecule is COCCn1cccc1C(=O)N(CCO)C1CCCCC1. The van der Waals surface area contributed by atoms with Gasteiger partial charge in [-0.1, -0.05) is 19.3 Å². The van der Waals surface area contributed by atoms with Crippen molar-refractivity contribution in [1.29, 1.82) is 0 Å². The van der Waals surface area contributed by atoms with Crippen LogP contribution >= 0.6 is 0 Å². The van der Waals surface area contributed by atoms with Crippen molar-refractivity contribution in [1.82, 2.24) is 9.47 Å². The van der Waals surface area contributed by atoms with Crippen LogP contribution < -0.4 is 0 Å². The summed E-state index contributed by atoms with van der Waals surface area (Å²) in [5, 5.41) is 9.30. The van der Waals surface area contributed by atoms with Crippen LogP contribution in [0.25, 0.3) is 0 Å². The molecule has 5 nitrogen and oxygen atoms in total. The summed E-state index contributed by atoms with van der Waals surface area (Å²) in [6.45, 7) is 1.68. The molecule has 1 amide bonds. The molecule has 0 spiro atoms. The van der Waals surface area contributed by atoms with Crippen LogP contribution in [-0.4, -0.2) is 53.4 Å². The molecule has 0 aliphatic heterocycles. The zero-order valence-corrected chi connectivity index (χ0v) is 12.8. The Kier molecular flexibility index (Phi) is 6.26. The standard InChI is InChI=1S/C16H26N2O3/c1-21-13-11-17-9-5-8-15(17)16(20)18(10-12-19)14-6-3-2-4-7-14/h5,8-9,14,19H,2-4,6-7,10-13H2,1H3. The number of aliphatic hydroxyl groups is 1. The van der Waals surface area contributed by atoms with Crippen molar-refractivity contribution < 1.29 is 14.6 Å². The zero-order chi connectivity index (χ0) is 15.1. The second-order valence-electron chi connectivity index (χ2n) is 5.59. The number of aliphatic hydroxyl groups excluding tert-OH is 1. The zero-order valence-electron chi connectivity index (χ0n) is 12.8. The third-order valence-corrected chi connectivity index (χ3v) is 4.20. The first-order chi connectivity index (χ1) is 10.3. The lowest BCUT2D eigenvalue weighted by Crippen LogP contribution is -2.43. The molecule has 1 aliphatic rings. The van der Waals surface area contributed by atoms with E-state index < -0.39 is 0 Å². The van der Waals surface area contributed by atoms with Crippen LogP contribution in [0.3, 0.4) is 0 Å². The maximum atomic E-state index is 12.8. The highest BCUT2D eigenvalue weighted by Crippen LogP contribution is 2.24. The lowest BCUT2D eigenvalue weighted by Gasteiger charge is -2.34. The largest absolute Gasteiger partial charge is 0.395 e. The molecule has 1 saturated carbocycles. The van der Waals surface area contributed by atoms with Crippen molar-refractivity contribution in [3.63, 3.8) is 0 Å². The number of amides is 1. The van der Waals surface area contributed by atoms with E-state index >= 15 is 0 Å². The fourth-order valence-electron chi connectivity index (χ4n) is 3.09. The summed E-state index contributed by atoms with van der Waals surface area (Å²) in [7, 11) is 1.66. The van der Waals surface area contributed by atoms with E-state index in [4.69, 9.17) is 4.74 Å². The van der Waals surface area contributed by atoms with Crippen molar-refractivity contribution in [2.45, 2.75) is 44.7 Å². The van der Waals surface area contributed by atoms with E-state index in [1.807, 2.05) is 27.8 Å². The van der Waals surface area contributed by atoms with Gasteiger partial charge in [0, 0.05) is 32.4 Å². The van der Waals surface area contributed by atoms with Crippen molar-refractivity contribution in [3.05, 3.63) is 24.0 Å². The van der Waals surface area contributed by atoms with Gasteiger partial charge >= 0.3 is 0 Å². The molecule has 0 bridgehead atoms. The molecule has 0 aromatic carbocycles. The predicted octanol–water partition coefficient (Wildman–Crippen LogP) is 1.90. The third kappa shape index (κ3) is 4.08. The highest BCUT2D eigenvalue weighted by molar-refractivity contribution is 5.93. The fraction of sp³-hybridized carbons (Fsp3) is 0.688. The maximum absolute atomic E-state index is 12.8. The van der Waals surface area contributed by atoms with Crippen molar-refractivity contribution in [2.75, 3.05) is 26.9 Å². The molecule has 0 radical (unpaired) electrons. The van der Waals surface area contributed by atoms with E-state index in [1.165, 1.54) is 19.3 Å². The third-order valence-electron chi connectivity index (χ3n) is 4.20. The Bertz CT molecular complexity index is 438. The smallest absolute Gasteiger partial charge is 0.270 e. The van der Waals surface area contributed by atoms with Gasteiger partial charge in [-0.05, 0) is 25.0 Å². The minimum atomic E-state index is 0.0149. The molecular formula is C16H26N2O3. The maximum Gasteiger partial charge on any atom is 0.270 e. The van der Waals surface area contributed by atoms with Crippen LogP contribution in [-0.2, 0) is 11.3 Å². The number of rotatable bonds is 7. The van der Waals surface area contributed by atoms with Crippen LogP contribution in [0.1, 0.15) is 42.6 Å². The lowest BCUT2D eigenvalue weighted by molar-refractivity contribution is 0.0572. The van der Waals surface area contributed by atoms with Gasteiger partial charge in [0.2, 0.25) is 0 Å². The molecule has 5 heteroatoms. The van der Waals surface area contributed by atoms with Crippen LogP contribution in [0.15, 0.2) is 18.3 Å². The number of carbonyl (C=O) groups excluding carboxylic acids is 1. The van der Waals surface area contributed by atoms with E-state index in [9.17, 15) is 9.90 Å². The van der Waals surface area contributed by atoms with Crippen LogP contribution in [0.4, 0.5) is 0 Å². The molecule has 0 saturated heterocycles. The quantitative estimate of drug-likeness (QED) is 0.835. The van der Waals surface area contributed by atoms with Gasteiger partial charge in [-0.2, -0.15) is 0 Å². The first-order valence-corrected chi connectivity index (χ1v) is 7.84. The van der Waals surface area contributed by atoms with Crippen LogP contribution in [0, 0.1) is 0 Å². The second kappa shape index (κ2) is 8.20. The van der Waals surface area contributed by atoms with Gasteiger partial charge in [0.15, 0.2) is 0 Å². The van der Waals surface area contributed by atoms with Crippen molar-refractivity contribution in [2.24, 2.45) is 0 Å². The summed E-state index contributed by atoms with van der Waals surface area (Å²) < 4.78 is 7.02. The van der Waals surface area contributed by atoms with E-state index in [0.29, 0.717) is 25.4 Å². The Morgan fingerprint density at radius 2 is 2.19 bits per heavy atom. The molecule has 1 aromatic rings. The normalized spacial score (nSPS) is 16.1. The summed E-state index contributed by atoms with van der Waals surface area (Å²) in [6.07, 6.45) is 7.59. The average Bonchev–Trinajstić information content (AvgIpc) is 2.99. The average molecular weight is 294 g/mol. The van der Waals surface area contributed by atoms with Gasteiger partial charge < -0.3 is 19.3 Å². The molecule has 21 heavy (non-hydrogen) atoms. The minimum Gasteiger partial charge on any atom is -0.395 e. The number of hydrogen-bond donors (Lipinski definition) is 1. The molecule has 0 unspecified atom stereocenters. The first-order valence-electron chi connectivity index (χ1n) is 7.84. The van der Waals surface area contributed by atoms with Gasteiger partial charge in [-0.15, -0.1) is 0 Å². The number of carbonyl (C=O) groups is 1. The van der Waals surface area contributed by atoms with E-state index in [0.717, 1.165) is 12.8 Å². The Morgan fingerprint density at radius 3 is 2.86 bits per heavy atom. The summed E-state index contributed by atoms with van der Waals surface area (Å²) in [5.41, 5.74) is 0.686. The molecular weight excluding hydrogens is 268 g/mol. The van der Waals surface area contributed by atoms with Gasteiger partial charge in [0.05, 0.1) is 13.2 Å². The predicted molar refractivity (Wildman–Crippen MR) is 81.3 cm³/mol. The number of nitrogens with zero attached hydrogens (tertiary/aromatic N) is 2. The van der Waals surface area contributed by atoms with Gasteiger partial charge in [-0.3, -0.25) is 4.79 Å². The first kappa shape index (κ1) is 16.0. The molecule has 1 aromatic heterocycles. The van der Waals surface area contributed by atoms with Gasteiger partial charge in [-0.25, -0.2) is 0 Å². The number of ether oxygens (including phenoxy) is 1. The topological polar surface area (TPSA) is 54.7 Å². The summed E-state index contributed by atoms with van der Waals surface area (Å²) in [6, 6.07) is 4.01. The number of hydrogen-bond acceptors (Lipinski definition) is 3. The molecule has 0 atom stereocenters. The Balaban J connectivity index is 2.11. The molecule has 2 rings (SSSR count). The lowest BCUT2D eigenvalue weighted by atomic mass is 9.94. The van der Waals surface area contributed by atoms with Crippen molar-refractivity contribution >= 4 is 5.91 Å². The Labute approximate surface area is 126 Å².